The largest absolute Gasteiger partial charge is 0.497 e. The lowest BCUT2D eigenvalue weighted by Crippen LogP contribution is -2.33. The lowest BCUT2D eigenvalue weighted by atomic mass is 10.2. The molecule has 0 amide bonds. The summed E-state index contributed by atoms with van der Waals surface area (Å²) < 4.78 is 60.9. The summed E-state index contributed by atoms with van der Waals surface area (Å²) in [5.74, 6) is 1.47. The van der Waals surface area contributed by atoms with E-state index in [4.69, 9.17) is 14.6 Å². The molecule has 4 aromatic rings. The van der Waals surface area contributed by atoms with Crippen LogP contribution in [0.15, 0.2) is 109 Å². The highest BCUT2D eigenvalue weighted by Gasteiger charge is 2.30. The molecule has 0 saturated carbocycles. The molecule has 0 aliphatic heterocycles. The Morgan fingerprint density at radius 3 is 1.29 bits per heavy atom. The highest BCUT2D eigenvalue weighted by molar-refractivity contribution is 7.89. The Hall–Kier alpha value is -3.70. The highest BCUT2D eigenvalue weighted by atomic mass is 32.2. The van der Waals surface area contributed by atoms with E-state index in [1.165, 1.54) is 4.31 Å². The topological polar surface area (TPSA) is 116 Å². The third-order valence-electron chi connectivity index (χ3n) is 6.87. The van der Waals surface area contributed by atoms with Crippen LogP contribution in [-0.2, 0) is 33.1 Å². The summed E-state index contributed by atoms with van der Waals surface area (Å²) in [4.78, 5) is 0. The molecule has 10 heteroatoms. The fourth-order valence-corrected chi connectivity index (χ4v) is 6.28. The molecule has 0 fully saturated rings. The molecule has 0 aliphatic rings. The fraction of sp³-hybridized carbons (Fsp3) is 0.250. The summed E-state index contributed by atoms with van der Waals surface area (Å²) in [7, 11) is -3.85. The fourth-order valence-electron chi connectivity index (χ4n) is 4.14. The molecule has 0 spiro atoms. The smallest absolute Gasteiger partial charge is 0.221 e. The minimum absolute atomic E-state index is 0.273. The van der Waals surface area contributed by atoms with Gasteiger partial charge in [0.15, 0.2) is 0 Å². The number of methoxy groups -OCH3 is 2. The lowest BCUT2D eigenvalue weighted by Gasteiger charge is -2.26. The minimum Gasteiger partial charge on any atom is -0.497 e. The van der Waals surface area contributed by atoms with Crippen LogP contribution in [0.25, 0.3) is 0 Å². The number of rotatable bonds is 11. The molecule has 0 bridgehead atoms. The maximum atomic E-state index is 13.6. The van der Waals surface area contributed by atoms with Gasteiger partial charge in [0.2, 0.25) is 20.0 Å². The molecule has 0 aromatic heterocycles. The number of benzene rings is 4. The van der Waals surface area contributed by atoms with E-state index in [2.05, 4.69) is 0 Å². The van der Waals surface area contributed by atoms with Gasteiger partial charge in [0.05, 0.1) is 24.7 Å². The summed E-state index contributed by atoms with van der Waals surface area (Å²) >= 11 is 0. The zero-order chi connectivity index (χ0) is 30.8. The Labute approximate surface area is 249 Å². The van der Waals surface area contributed by atoms with Gasteiger partial charge in [0, 0.05) is 13.1 Å². The van der Waals surface area contributed by atoms with Crippen LogP contribution in [0, 0.1) is 0 Å². The first-order chi connectivity index (χ1) is 20.0. The van der Waals surface area contributed by atoms with E-state index in [1.807, 2.05) is 84.9 Å². The first kappa shape index (κ1) is 32.8. The third-order valence-corrected chi connectivity index (χ3v) is 10.3. The lowest BCUT2D eigenvalue weighted by molar-refractivity contribution is 0.393. The van der Waals surface area contributed by atoms with E-state index >= 15 is 0 Å². The molecular weight excluding hydrogens is 572 g/mol. The Morgan fingerprint density at radius 2 is 0.952 bits per heavy atom. The van der Waals surface area contributed by atoms with Gasteiger partial charge < -0.3 is 9.47 Å². The van der Waals surface area contributed by atoms with Gasteiger partial charge in [0.1, 0.15) is 11.5 Å². The number of ether oxygens (including phenoxy) is 2. The Bertz CT molecular complexity index is 1550. The summed E-state index contributed by atoms with van der Waals surface area (Å²) in [5, 5.41) is 3.70. The molecule has 0 heterocycles. The summed E-state index contributed by atoms with van der Waals surface area (Å²) in [6.07, 6.45) is 0. The highest BCUT2D eigenvalue weighted by Crippen LogP contribution is 2.28. The summed E-state index contributed by atoms with van der Waals surface area (Å²) in [6.45, 7) is 3.86. The predicted octanol–water partition coefficient (Wildman–Crippen LogP) is 5.83. The number of hydrogen-bond donors (Lipinski definition) is 1. The predicted molar refractivity (Wildman–Crippen MR) is 167 cm³/mol. The van der Waals surface area contributed by atoms with Crippen LogP contribution in [0.2, 0.25) is 0 Å². The number of sulfonamides is 2. The van der Waals surface area contributed by atoms with Crippen molar-refractivity contribution in [3.8, 4) is 11.5 Å². The van der Waals surface area contributed by atoms with Crippen molar-refractivity contribution in [2.24, 2.45) is 5.14 Å². The van der Waals surface area contributed by atoms with Gasteiger partial charge in [-0.05, 0) is 60.4 Å². The molecule has 8 nitrogen and oxygen atoms in total. The van der Waals surface area contributed by atoms with Crippen LogP contribution in [-0.4, -0.2) is 35.4 Å². The molecule has 2 atom stereocenters. The monoisotopic (exact) mass is 610 g/mol. The summed E-state index contributed by atoms with van der Waals surface area (Å²) in [6, 6.07) is 33.1. The molecule has 0 saturated heterocycles. The Balaban J connectivity index is 0.000000337. The zero-order valence-electron chi connectivity index (χ0n) is 24.3. The van der Waals surface area contributed by atoms with Gasteiger partial charge in [-0.3, -0.25) is 0 Å². The van der Waals surface area contributed by atoms with Gasteiger partial charge in [-0.15, -0.1) is 0 Å². The van der Waals surface area contributed by atoms with Gasteiger partial charge in [-0.25, -0.2) is 22.0 Å². The van der Waals surface area contributed by atoms with Crippen LogP contribution in [0.3, 0.4) is 0 Å². The van der Waals surface area contributed by atoms with Crippen LogP contribution in [0.5, 0.6) is 11.5 Å². The van der Waals surface area contributed by atoms with Crippen LogP contribution in [0.1, 0.15) is 46.6 Å². The molecule has 4 aromatic carbocycles. The van der Waals surface area contributed by atoms with Gasteiger partial charge >= 0.3 is 0 Å². The maximum absolute atomic E-state index is 13.6. The SMILES string of the molecule is CC(c1ccccc1)S(N)(=O)=O.COc1ccc(CN(Cc2ccc(OC)cc2)S(=O)(=O)C(C)c2ccccc2)cc1. The first-order valence-corrected chi connectivity index (χ1v) is 16.4. The number of primary sulfonamides is 1. The number of nitrogens with two attached hydrogens (primary N) is 1. The Morgan fingerprint density at radius 1 is 0.595 bits per heavy atom. The van der Waals surface area contributed by atoms with E-state index in [-0.39, 0.29) is 13.1 Å². The van der Waals surface area contributed by atoms with Gasteiger partial charge in [0.25, 0.3) is 0 Å². The quantitative estimate of drug-likeness (QED) is 0.228. The zero-order valence-corrected chi connectivity index (χ0v) is 25.9. The second kappa shape index (κ2) is 15.0. The van der Waals surface area contributed by atoms with E-state index in [9.17, 15) is 16.8 Å². The maximum Gasteiger partial charge on any atom is 0.221 e. The van der Waals surface area contributed by atoms with E-state index < -0.39 is 30.5 Å². The number of hydrogen-bond acceptors (Lipinski definition) is 6. The van der Waals surface area contributed by atoms with Crippen molar-refractivity contribution in [3.05, 3.63) is 131 Å². The molecule has 4 rings (SSSR count). The molecule has 0 aliphatic carbocycles. The molecule has 2 N–H and O–H groups in total. The first-order valence-electron chi connectivity index (χ1n) is 13.3. The van der Waals surface area contributed by atoms with Crippen molar-refractivity contribution in [3.63, 3.8) is 0 Å². The van der Waals surface area contributed by atoms with Crippen molar-refractivity contribution in [1.29, 1.82) is 0 Å². The van der Waals surface area contributed by atoms with Crippen molar-refractivity contribution in [1.82, 2.24) is 4.31 Å². The molecular formula is C32H38N2O6S2. The van der Waals surface area contributed by atoms with Crippen molar-refractivity contribution in [2.45, 2.75) is 37.4 Å². The molecule has 42 heavy (non-hydrogen) atoms. The molecule has 2 unspecified atom stereocenters. The normalized spacial score (nSPS) is 13.0. The van der Waals surface area contributed by atoms with Gasteiger partial charge in [-0.2, -0.15) is 4.31 Å². The van der Waals surface area contributed by atoms with Crippen molar-refractivity contribution >= 4 is 20.0 Å². The van der Waals surface area contributed by atoms with Crippen LogP contribution < -0.4 is 14.6 Å². The summed E-state index contributed by atoms with van der Waals surface area (Å²) in [5.41, 5.74) is 3.29. The second-order valence-corrected chi connectivity index (χ2v) is 13.8. The molecule has 0 radical (unpaired) electrons. The van der Waals surface area contributed by atoms with E-state index in [0.29, 0.717) is 0 Å². The van der Waals surface area contributed by atoms with Gasteiger partial charge in [-0.1, -0.05) is 84.9 Å². The number of nitrogens with zero attached hydrogens (tertiary/aromatic N) is 1. The third kappa shape index (κ3) is 9.15. The van der Waals surface area contributed by atoms with Crippen molar-refractivity contribution in [2.75, 3.05) is 14.2 Å². The average Bonchev–Trinajstić information content (AvgIpc) is 3.01. The second-order valence-electron chi connectivity index (χ2n) is 9.70. The van der Waals surface area contributed by atoms with Crippen molar-refractivity contribution < 1.29 is 26.3 Å². The molecule has 224 valence electrons. The van der Waals surface area contributed by atoms with E-state index in [1.54, 1.807) is 52.3 Å². The average molecular weight is 611 g/mol. The van der Waals surface area contributed by atoms with Crippen LogP contribution >= 0.6 is 0 Å². The van der Waals surface area contributed by atoms with E-state index in [0.717, 1.165) is 33.8 Å². The van der Waals surface area contributed by atoms with Crippen LogP contribution in [0.4, 0.5) is 0 Å². The standard InChI is InChI=1S/C24H27NO4S.C8H11NO2S/c1-19(22-7-5-4-6-8-22)30(26,27)25(17-20-9-13-23(28-2)14-10-20)18-21-11-15-24(29-3)16-12-21;1-7(12(9,10)11)8-5-3-2-4-6-8/h4-16,19H,17-18H2,1-3H3;2-7H,1H3,(H2,9,10,11). The Kier molecular flexibility index (Phi) is 11.7. The minimum atomic E-state index is -3.61.